The maximum atomic E-state index is 12.0. The largest absolute Gasteiger partial charge is 0.480 e. The molecular weight excluding hydrogens is 348 g/mol. The molecule has 0 aromatic carbocycles. The monoisotopic (exact) mass is 372 g/mol. The summed E-state index contributed by atoms with van der Waals surface area (Å²) in [6.07, 6.45) is -1.70. The fourth-order valence-electron chi connectivity index (χ4n) is 1.95. The molecule has 0 unspecified atom stereocenters. The van der Waals surface area contributed by atoms with E-state index in [0.717, 1.165) is 0 Å². The van der Waals surface area contributed by atoms with Crippen molar-refractivity contribution < 1.29 is 29.1 Å². The number of aliphatic hydroxyl groups is 1. The van der Waals surface area contributed by atoms with Gasteiger partial charge in [0.2, 0.25) is 11.8 Å². The summed E-state index contributed by atoms with van der Waals surface area (Å²) in [5, 5.41) is 26.5. The van der Waals surface area contributed by atoms with Crippen molar-refractivity contribution in [2.24, 2.45) is 17.4 Å². The van der Waals surface area contributed by atoms with E-state index in [1.165, 1.54) is 6.92 Å². The molecule has 0 aliphatic carbocycles. The molecule has 0 saturated heterocycles. The van der Waals surface area contributed by atoms with E-state index in [9.17, 15) is 19.5 Å². The average molecular weight is 372 g/mol. The van der Waals surface area contributed by atoms with Gasteiger partial charge in [-0.2, -0.15) is 4.98 Å². The molecule has 0 aliphatic rings. The second kappa shape index (κ2) is 9.10. The highest BCUT2D eigenvalue weighted by Gasteiger charge is 2.29. The lowest BCUT2D eigenvalue weighted by Crippen LogP contribution is -2.52. The molecule has 0 saturated carbocycles. The number of urea groups is 1. The van der Waals surface area contributed by atoms with Gasteiger partial charge in [0.25, 0.3) is 0 Å². The maximum Gasteiger partial charge on any atom is 0.328 e. The average Bonchev–Trinajstić information content (AvgIpc) is 2.99. The van der Waals surface area contributed by atoms with Crippen molar-refractivity contribution in [2.75, 3.05) is 0 Å². The Kier molecular flexibility index (Phi) is 7.46. The maximum absolute atomic E-state index is 12.0. The van der Waals surface area contributed by atoms with Gasteiger partial charge in [-0.05, 0) is 12.8 Å². The lowest BCUT2D eigenvalue weighted by molar-refractivity contribution is -0.141. The van der Waals surface area contributed by atoms with E-state index in [4.69, 9.17) is 21.1 Å². The summed E-state index contributed by atoms with van der Waals surface area (Å²) in [6, 6.07) is -4.10. The molecule has 0 fully saturated rings. The second-order valence-corrected chi connectivity index (χ2v) is 6.16. The summed E-state index contributed by atoms with van der Waals surface area (Å²) in [7, 11) is 0. The van der Waals surface area contributed by atoms with Gasteiger partial charge in [0.05, 0.1) is 18.6 Å². The molecule has 1 aromatic rings. The zero-order valence-corrected chi connectivity index (χ0v) is 14.7. The van der Waals surface area contributed by atoms with E-state index < -0.39 is 42.1 Å². The molecule has 0 bridgehead atoms. The first kappa shape index (κ1) is 21.3. The number of primary amides is 1. The fourth-order valence-corrected chi connectivity index (χ4v) is 1.95. The first-order valence-electron chi connectivity index (χ1n) is 7.88. The van der Waals surface area contributed by atoms with Crippen molar-refractivity contribution in [3.63, 3.8) is 0 Å². The van der Waals surface area contributed by atoms with Gasteiger partial charge in [-0.1, -0.05) is 19.0 Å². The normalized spacial score (nSPS) is 15.8. The van der Waals surface area contributed by atoms with Gasteiger partial charge in [0.1, 0.15) is 6.04 Å². The number of rotatable bonds is 9. The SMILES string of the molecule is CC(C)[C@H](N)c1noc([C@H](CC(N)=O)NC(=O)N[C@H](C(=O)O)[C@@H](C)O)n1. The van der Waals surface area contributed by atoms with E-state index in [0.29, 0.717) is 0 Å². The molecular formula is C14H24N6O6. The Balaban J connectivity index is 2.92. The number of hydrogen-bond acceptors (Lipinski definition) is 8. The number of nitrogens with two attached hydrogens (primary N) is 2. The number of aliphatic hydroxyl groups excluding tert-OH is 1. The summed E-state index contributed by atoms with van der Waals surface area (Å²) in [6.45, 7) is 4.92. The summed E-state index contributed by atoms with van der Waals surface area (Å²) < 4.78 is 5.04. The third-order valence-corrected chi connectivity index (χ3v) is 3.52. The molecule has 1 heterocycles. The van der Waals surface area contributed by atoms with Crippen LogP contribution in [0.5, 0.6) is 0 Å². The number of carbonyl (C=O) groups is 3. The van der Waals surface area contributed by atoms with Gasteiger partial charge in [-0.25, -0.2) is 9.59 Å². The number of carboxylic acid groups (broad SMARTS) is 1. The molecule has 4 atom stereocenters. The summed E-state index contributed by atoms with van der Waals surface area (Å²) in [5.41, 5.74) is 11.1. The second-order valence-electron chi connectivity index (χ2n) is 6.16. The lowest BCUT2D eigenvalue weighted by Gasteiger charge is -2.19. The Bertz CT molecular complexity index is 646. The van der Waals surface area contributed by atoms with Crippen molar-refractivity contribution in [2.45, 2.75) is 51.4 Å². The predicted molar refractivity (Wildman–Crippen MR) is 87.4 cm³/mol. The van der Waals surface area contributed by atoms with Crippen LogP contribution in [-0.4, -0.2) is 50.4 Å². The Labute approximate surface area is 149 Å². The quantitative estimate of drug-likeness (QED) is 0.306. The zero-order chi connectivity index (χ0) is 20.0. The molecule has 1 rings (SSSR count). The standard InChI is InChI=1S/C14H24N6O6/c1-5(2)9(16)11-19-12(26-20-11)7(4-8(15)22)17-14(25)18-10(6(3)21)13(23)24/h5-7,9-10,21H,4,16H2,1-3H3,(H2,15,22)(H,23,24)(H2,17,18,25)/t6-,7+,9+,10+/m1/s1. The van der Waals surface area contributed by atoms with Crippen molar-refractivity contribution in [3.05, 3.63) is 11.7 Å². The molecule has 12 heteroatoms. The van der Waals surface area contributed by atoms with E-state index in [2.05, 4.69) is 20.8 Å². The molecule has 0 spiro atoms. The van der Waals surface area contributed by atoms with Crippen LogP contribution >= 0.6 is 0 Å². The van der Waals surface area contributed by atoms with Gasteiger partial charge in [-0.15, -0.1) is 0 Å². The van der Waals surface area contributed by atoms with Gasteiger partial charge in [0.15, 0.2) is 11.9 Å². The van der Waals surface area contributed by atoms with Crippen LogP contribution in [0.3, 0.4) is 0 Å². The predicted octanol–water partition coefficient (Wildman–Crippen LogP) is -1.22. The van der Waals surface area contributed by atoms with Gasteiger partial charge < -0.3 is 36.8 Å². The fraction of sp³-hybridized carbons (Fsp3) is 0.643. The first-order chi connectivity index (χ1) is 12.0. The number of nitrogens with zero attached hydrogens (tertiary/aromatic N) is 2. The molecule has 8 N–H and O–H groups in total. The van der Waals surface area contributed by atoms with Crippen LogP contribution in [0.2, 0.25) is 0 Å². The number of hydrogen-bond donors (Lipinski definition) is 6. The third-order valence-electron chi connectivity index (χ3n) is 3.52. The van der Waals surface area contributed by atoms with E-state index in [-0.39, 0.29) is 24.1 Å². The van der Waals surface area contributed by atoms with Gasteiger partial charge >= 0.3 is 12.0 Å². The number of nitrogens with one attached hydrogen (secondary N) is 2. The van der Waals surface area contributed by atoms with Crippen LogP contribution in [0.4, 0.5) is 4.79 Å². The first-order valence-corrected chi connectivity index (χ1v) is 7.88. The van der Waals surface area contributed by atoms with Crippen LogP contribution in [-0.2, 0) is 9.59 Å². The summed E-state index contributed by atoms with van der Waals surface area (Å²) in [4.78, 5) is 38.4. The van der Waals surface area contributed by atoms with Gasteiger partial charge in [-0.3, -0.25) is 4.79 Å². The highest BCUT2D eigenvalue weighted by atomic mass is 16.5. The van der Waals surface area contributed by atoms with Crippen LogP contribution in [0.1, 0.15) is 51.0 Å². The number of aromatic nitrogens is 2. The molecule has 0 radical (unpaired) electrons. The molecule has 12 nitrogen and oxygen atoms in total. The summed E-state index contributed by atoms with van der Waals surface area (Å²) in [5.74, 6) is -2.07. The van der Waals surface area contributed by atoms with Crippen molar-refractivity contribution in [1.82, 2.24) is 20.8 Å². The smallest absolute Gasteiger partial charge is 0.328 e. The number of aliphatic carboxylic acids is 1. The number of carbonyl (C=O) groups excluding carboxylic acids is 2. The molecule has 3 amide bonds. The van der Waals surface area contributed by atoms with E-state index in [1.807, 2.05) is 13.8 Å². The summed E-state index contributed by atoms with van der Waals surface area (Å²) >= 11 is 0. The Hall–Kier alpha value is -2.73. The number of amides is 3. The van der Waals surface area contributed by atoms with Crippen LogP contribution < -0.4 is 22.1 Å². The molecule has 146 valence electrons. The molecule has 1 aromatic heterocycles. The topological polar surface area (TPSA) is 207 Å². The Morgan fingerprint density at radius 2 is 1.85 bits per heavy atom. The van der Waals surface area contributed by atoms with E-state index >= 15 is 0 Å². The van der Waals surface area contributed by atoms with Crippen molar-refractivity contribution >= 4 is 17.9 Å². The van der Waals surface area contributed by atoms with Crippen molar-refractivity contribution in [3.8, 4) is 0 Å². The minimum absolute atomic E-state index is 0.0219. The van der Waals surface area contributed by atoms with Crippen LogP contribution in [0.25, 0.3) is 0 Å². The van der Waals surface area contributed by atoms with Gasteiger partial charge in [0, 0.05) is 0 Å². The van der Waals surface area contributed by atoms with E-state index in [1.54, 1.807) is 0 Å². The Morgan fingerprint density at radius 1 is 1.23 bits per heavy atom. The minimum Gasteiger partial charge on any atom is -0.480 e. The zero-order valence-electron chi connectivity index (χ0n) is 14.7. The molecule has 0 aliphatic heterocycles. The lowest BCUT2D eigenvalue weighted by atomic mass is 10.1. The molecule has 26 heavy (non-hydrogen) atoms. The highest BCUT2D eigenvalue weighted by Crippen LogP contribution is 2.20. The van der Waals surface area contributed by atoms with Crippen LogP contribution in [0.15, 0.2) is 4.52 Å². The third kappa shape index (κ3) is 5.97. The van der Waals surface area contributed by atoms with Crippen LogP contribution in [0, 0.1) is 5.92 Å². The highest BCUT2D eigenvalue weighted by molar-refractivity contribution is 5.83. The Morgan fingerprint density at radius 3 is 2.31 bits per heavy atom. The minimum atomic E-state index is -1.54. The van der Waals surface area contributed by atoms with Crippen molar-refractivity contribution in [1.29, 1.82) is 0 Å². The number of carboxylic acids is 1.